The van der Waals surface area contributed by atoms with E-state index in [4.69, 9.17) is 18.0 Å². The Balaban J connectivity index is 2.33. The maximum absolute atomic E-state index is 13.6. The Labute approximate surface area is 114 Å². The molecule has 2 rings (SSSR count). The van der Waals surface area contributed by atoms with Gasteiger partial charge in [0, 0.05) is 24.4 Å². The molecular formula is C13H11F2N3S. The first-order chi connectivity index (χ1) is 8.99. The fourth-order valence-electron chi connectivity index (χ4n) is 1.63. The highest BCUT2D eigenvalue weighted by Gasteiger charge is 2.12. The van der Waals surface area contributed by atoms with Crippen LogP contribution in [0.4, 0.5) is 20.3 Å². The monoisotopic (exact) mass is 279 g/mol. The van der Waals surface area contributed by atoms with Gasteiger partial charge in [-0.05, 0) is 24.3 Å². The van der Waals surface area contributed by atoms with E-state index in [1.807, 2.05) is 0 Å². The molecule has 0 unspecified atom stereocenters. The summed E-state index contributed by atoms with van der Waals surface area (Å²) in [4.78, 5) is 5.54. The van der Waals surface area contributed by atoms with Crippen LogP contribution in [0.2, 0.25) is 0 Å². The lowest BCUT2D eigenvalue weighted by atomic mass is 10.2. The van der Waals surface area contributed by atoms with E-state index in [1.165, 1.54) is 4.90 Å². The van der Waals surface area contributed by atoms with Crippen molar-refractivity contribution in [3.63, 3.8) is 0 Å². The number of rotatable bonds is 3. The first-order valence-corrected chi connectivity index (χ1v) is 5.84. The van der Waals surface area contributed by atoms with Crippen LogP contribution in [0, 0.1) is 11.6 Å². The second-order valence-corrected chi connectivity index (χ2v) is 4.37. The molecular weight excluding hydrogens is 268 g/mol. The van der Waals surface area contributed by atoms with E-state index in [0.717, 1.165) is 17.8 Å². The summed E-state index contributed by atoms with van der Waals surface area (Å²) in [5, 5.41) is 0. The average molecular weight is 279 g/mol. The molecule has 0 bridgehead atoms. The molecule has 3 nitrogen and oxygen atoms in total. The Morgan fingerprint density at radius 2 is 1.89 bits per heavy atom. The molecule has 0 saturated carbocycles. The van der Waals surface area contributed by atoms with Gasteiger partial charge in [0.1, 0.15) is 10.8 Å². The molecule has 19 heavy (non-hydrogen) atoms. The van der Waals surface area contributed by atoms with Gasteiger partial charge in [-0.1, -0.05) is 12.2 Å². The number of nitrogens with two attached hydrogens (primary N) is 1. The Hall–Kier alpha value is -2.08. The topological polar surface area (TPSA) is 42.1 Å². The molecule has 0 aliphatic rings. The van der Waals surface area contributed by atoms with Gasteiger partial charge in [0.15, 0.2) is 11.6 Å². The third-order valence-corrected chi connectivity index (χ3v) is 2.88. The normalized spacial score (nSPS) is 10.3. The van der Waals surface area contributed by atoms with Gasteiger partial charge in [-0.2, -0.15) is 0 Å². The van der Waals surface area contributed by atoms with Gasteiger partial charge in [-0.3, -0.25) is 0 Å². The molecule has 0 amide bonds. The van der Waals surface area contributed by atoms with E-state index in [-0.39, 0.29) is 5.82 Å². The van der Waals surface area contributed by atoms with Gasteiger partial charge < -0.3 is 10.6 Å². The molecule has 0 spiro atoms. The Bertz CT molecular complexity index is 614. The van der Waals surface area contributed by atoms with Crippen molar-refractivity contribution in [2.45, 2.75) is 0 Å². The molecule has 0 saturated heterocycles. The number of thiocarbonyl (C=S) groups is 1. The van der Waals surface area contributed by atoms with Crippen molar-refractivity contribution in [1.29, 1.82) is 0 Å². The van der Waals surface area contributed by atoms with E-state index < -0.39 is 11.6 Å². The Kier molecular flexibility index (Phi) is 3.71. The van der Waals surface area contributed by atoms with Crippen molar-refractivity contribution in [2.75, 3.05) is 11.9 Å². The van der Waals surface area contributed by atoms with Gasteiger partial charge in [0.05, 0.1) is 6.20 Å². The minimum absolute atomic E-state index is 0.0458. The van der Waals surface area contributed by atoms with Crippen LogP contribution in [0.5, 0.6) is 0 Å². The van der Waals surface area contributed by atoms with Gasteiger partial charge in [-0.25, -0.2) is 13.8 Å². The van der Waals surface area contributed by atoms with E-state index in [2.05, 4.69) is 4.98 Å². The van der Waals surface area contributed by atoms with Crippen LogP contribution in [0.15, 0.2) is 36.5 Å². The highest BCUT2D eigenvalue weighted by molar-refractivity contribution is 7.80. The smallest absolute Gasteiger partial charge is 0.169 e. The molecule has 1 aromatic heterocycles. The first kappa shape index (κ1) is 13.4. The minimum atomic E-state index is -0.721. The lowest BCUT2D eigenvalue weighted by molar-refractivity contribution is 0.573. The summed E-state index contributed by atoms with van der Waals surface area (Å²) >= 11 is 4.85. The zero-order valence-corrected chi connectivity index (χ0v) is 10.9. The van der Waals surface area contributed by atoms with Gasteiger partial charge in [-0.15, -0.1) is 0 Å². The van der Waals surface area contributed by atoms with E-state index in [9.17, 15) is 8.78 Å². The van der Waals surface area contributed by atoms with E-state index >= 15 is 0 Å². The summed E-state index contributed by atoms with van der Waals surface area (Å²) in [6, 6.07) is 7.73. The first-order valence-electron chi connectivity index (χ1n) is 5.43. The van der Waals surface area contributed by atoms with Crippen molar-refractivity contribution in [2.24, 2.45) is 5.73 Å². The molecule has 1 aromatic carbocycles. The fraction of sp³-hybridized carbons (Fsp3) is 0.0769. The number of aromatic nitrogens is 1. The van der Waals surface area contributed by atoms with Gasteiger partial charge in [0.25, 0.3) is 0 Å². The number of hydrogen-bond acceptors (Lipinski definition) is 3. The number of pyridine rings is 1. The van der Waals surface area contributed by atoms with Gasteiger partial charge in [0.2, 0.25) is 0 Å². The molecule has 98 valence electrons. The molecule has 0 aliphatic carbocycles. The summed E-state index contributed by atoms with van der Waals surface area (Å²) in [5.74, 6) is -1.39. The van der Waals surface area contributed by atoms with Crippen LogP contribution < -0.4 is 10.6 Å². The molecule has 0 radical (unpaired) electrons. The Morgan fingerprint density at radius 3 is 2.42 bits per heavy atom. The number of nitrogens with zero attached hydrogens (tertiary/aromatic N) is 2. The third-order valence-electron chi connectivity index (χ3n) is 2.65. The molecule has 6 heteroatoms. The van der Waals surface area contributed by atoms with Crippen LogP contribution in [-0.2, 0) is 0 Å². The molecule has 2 N–H and O–H groups in total. The number of benzene rings is 1. The SMILES string of the molecule is CN(c1ccc(C(N)=S)cc1)c1ncc(F)cc1F. The third kappa shape index (κ3) is 2.85. The second kappa shape index (κ2) is 5.27. The van der Waals surface area contributed by atoms with Crippen LogP contribution in [0.25, 0.3) is 0 Å². The number of halogens is 2. The highest BCUT2D eigenvalue weighted by atomic mass is 32.1. The van der Waals surface area contributed by atoms with Crippen LogP contribution in [0.1, 0.15) is 5.56 Å². The van der Waals surface area contributed by atoms with Crippen molar-refractivity contribution in [3.8, 4) is 0 Å². The standard InChI is InChI=1S/C13H11F2N3S/c1-18(13-11(15)6-9(14)7-17-13)10-4-2-8(3-5-10)12(16)19/h2-7H,1H3,(H2,16,19). The molecule has 0 aliphatic heterocycles. The summed E-state index contributed by atoms with van der Waals surface area (Å²) in [5.41, 5.74) is 6.91. The van der Waals surface area contributed by atoms with Gasteiger partial charge >= 0.3 is 0 Å². The lowest BCUT2D eigenvalue weighted by Crippen LogP contribution is -2.14. The second-order valence-electron chi connectivity index (χ2n) is 3.93. The largest absolute Gasteiger partial charge is 0.389 e. The summed E-state index contributed by atoms with van der Waals surface area (Å²) in [7, 11) is 1.64. The van der Waals surface area contributed by atoms with Crippen molar-refractivity contribution >= 4 is 28.7 Å². The van der Waals surface area contributed by atoms with Crippen LogP contribution in [-0.4, -0.2) is 17.0 Å². The van der Waals surface area contributed by atoms with Crippen molar-refractivity contribution < 1.29 is 8.78 Å². The quantitative estimate of drug-likeness (QED) is 0.877. The molecule has 0 fully saturated rings. The molecule has 2 aromatic rings. The van der Waals surface area contributed by atoms with Crippen LogP contribution >= 0.6 is 12.2 Å². The van der Waals surface area contributed by atoms with Crippen molar-refractivity contribution in [1.82, 2.24) is 4.98 Å². The lowest BCUT2D eigenvalue weighted by Gasteiger charge is -2.19. The minimum Gasteiger partial charge on any atom is -0.389 e. The number of anilines is 2. The van der Waals surface area contributed by atoms with Crippen molar-refractivity contribution in [3.05, 3.63) is 53.7 Å². The maximum atomic E-state index is 13.6. The summed E-state index contributed by atoms with van der Waals surface area (Å²) < 4.78 is 26.4. The van der Waals surface area contributed by atoms with E-state index in [0.29, 0.717) is 10.7 Å². The maximum Gasteiger partial charge on any atom is 0.169 e. The predicted molar refractivity (Wildman–Crippen MR) is 74.5 cm³/mol. The van der Waals surface area contributed by atoms with Crippen LogP contribution in [0.3, 0.4) is 0 Å². The summed E-state index contributed by atoms with van der Waals surface area (Å²) in [6.07, 6.45) is 0.971. The predicted octanol–water partition coefficient (Wildman–Crippen LogP) is 2.76. The average Bonchev–Trinajstić information content (AvgIpc) is 2.38. The van der Waals surface area contributed by atoms with E-state index in [1.54, 1.807) is 31.3 Å². The Morgan fingerprint density at radius 1 is 1.26 bits per heavy atom. The fourth-order valence-corrected chi connectivity index (χ4v) is 1.76. The molecule has 1 heterocycles. The summed E-state index contributed by atoms with van der Waals surface area (Å²) in [6.45, 7) is 0. The number of hydrogen-bond donors (Lipinski definition) is 1. The highest BCUT2D eigenvalue weighted by Crippen LogP contribution is 2.24. The zero-order valence-electron chi connectivity index (χ0n) is 10.1. The molecule has 0 atom stereocenters. The zero-order chi connectivity index (χ0) is 14.0.